The maximum absolute atomic E-state index is 9.52. The average Bonchev–Trinajstić information content (AvgIpc) is 2.12. The quantitative estimate of drug-likeness (QED) is 0.383. The summed E-state index contributed by atoms with van der Waals surface area (Å²) in [6.45, 7) is -0.384. The van der Waals surface area contributed by atoms with Gasteiger partial charge in [-0.2, -0.15) is 0 Å². The van der Waals surface area contributed by atoms with Gasteiger partial charge in [-0.1, -0.05) is 0 Å². The Kier molecular flexibility index (Phi) is 3.60. The number of hydrogen-bond donors (Lipinski definition) is 4. The van der Waals surface area contributed by atoms with Crippen molar-refractivity contribution < 1.29 is 24.8 Å². The van der Waals surface area contributed by atoms with Crippen molar-refractivity contribution >= 4 is 0 Å². The lowest BCUT2D eigenvalue weighted by molar-refractivity contribution is -0.253. The average molecular weight is 193 g/mol. The summed E-state index contributed by atoms with van der Waals surface area (Å²) in [6.07, 6.45) is -3.81. The van der Waals surface area contributed by atoms with E-state index in [-0.39, 0.29) is 6.61 Å². The fourth-order valence-electron chi connectivity index (χ4n) is 1.40. The van der Waals surface area contributed by atoms with E-state index in [2.05, 4.69) is 0 Å². The van der Waals surface area contributed by atoms with Gasteiger partial charge in [0.2, 0.25) is 0 Å². The van der Waals surface area contributed by atoms with Gasteiger partial charge in [-0.05, 0) is 0 Å². The number of nitrogens with two attached hydrogens (primary N) is 1. The molecule has 5 N–H and O–H groups in total. The molecule has 1 saturated heterocycles. The van der Waals surface area contributed by atoms with Gasteiger partial charge in [0, 0.05) is 7.11 Å². The first kappa shape index (κ1) is 10.8. The van der Waals surface area contributed by atoms with Gasteiger partial charge in [0.05, 0.1) is 12.6 Å². The zero-order chi connectivity index (χ0) is 10.0. The predicted molar refractivity (Wildman–Crippen MR) is 42.7 cm³/mol. The zero-order valence-corrected chi connectivity index (χ0v) is 7.33. The second-order valence-electron chi connectivity index (χ2n) is 3.02. The Morgan fingerprint density at radius 3 is 2.54 bits per heavy atom. The summed E-state index contributed by atoms with van der Waals surface area (Å²) in [5.41, 5.74) is 5.50. The molecule has 1 aliphatic heterocycles. The molecule has 0 aromatic carbocycles. The Balaban J connectivity index is 2.69. The maximum Gasteiger partial charge on any atom is 0.173 e. The minimum Gasteiger partial charge on any atom is -0.394 e. The minimum absolute atomic E-state index is 0.384. The molecule has 0 aromatic rings. The van der Waals surface area contributed by atoms with Crippen LogP contribution in [0.5, 0.6) is 0 Å². The molecule has 6 nitrogen and oxygen atoms in total. The zero-order valence-electron chi connectivity index (χ0n) is 7.33. The van der Waals surface area contributed by atoms with Gasteiger partial charge >= 0.3 is 0 Å². The van der Waals surface area contributed by atoms with Crippen LogP contribution in [0.3, 0.4) is 0 Å². The molecule has 1 heterocycles. The van der Waals surface area contributed by atoms with E-state index in [1.54, 1.807) is 0 Å². The number of aliphatic hydroxyl groups is 3. The monoisotopic (exact) mass is 193 g/mol. The molecule has 1 fully saturated rings. The largest absolute Gasteiger partial charge is 0.394 e. The van der Waals surface area contributed by atoms with Gasteiger partial charge < -0.3 is 30.5 Å². The van der Waals surface area contributed by atoms with Gasteiger partial charge in [-0.3, -0.25) is 0 Å². The van der Waals surface area contributed by atoms with Gasteiger partial charge in [0.1, 0.15) is 18.3 Å². The van der Waals surface area contributed by atoms with Crippen LogP contribution in [-0.2, 0) is 9.47 Å². The molecule has 13 heavy (non-hydrogen) atoms. The molecule has 0 aromatic heterocycles. The molecule has 0 spiro atoms. The molecule has 6 heteroatoms. The summed E-state index contributed by atoms with van der Waals surface area (Å²) in [4.78, 5) is 0. The highest BCUT2D eigenvalue weighted by Gasteiger charge is 2.42. The molecule has 0 saturated carbocycles. The normalized spacial score (nSPS) is 46.4. The van der Waals surface area contributed by atoms with Gasteiger partial charge in [0.25, 0.3) is 0 Å². The molecule has 0 aliphatic carbocycles. The number of methoxy groups -OCH3 is 1. The van der Waals surface area contributed by atoms with Crippen molar-refractivity contribution in [3.63, 3.8) is 0 Å². The van der Waals surface area contributed by atoms with Crippen molar-refractivity contribution in [2.24, 2.45) is 5.73 Å². The highest BCUT2D eigenvalue weighted by molar-refractivity contribution is 4.91. The highest BCUT2D eigenvalue weighted by atomic mass is 16.6. The van der Waals surface area contributed by atoms with Gasteiger partial charge in [0.15, 0.2) is 6.29 Å². The highest BCUT2D eigenvalue weighted by Crippen LogP contribution is 2.20. The van der Waals surface area contributed by atoms with Crippen molar-refractivity contribution in [2.75, 3.05) is 13.7 Å². The van der Waals surface area contributed by atoms with Crippen molar-refractivity contribution in [3.05, 3.63) is 0 Å². The number of aliphatic hydroxyl groups excluding tert-OH is 3. The van der Waals surface area contributed by atoms with Crippen LogP contribution < -0.4 is 5.73 Å². The molecule has 3 unspecified atom stereocenters. The molecule has 1 aliphatic rings. The van der Waals surface area contributed by atoms with Crippen molar-refractivity contribution in [1.29, 1.82) is 0 Å². The molecule has 0 bridgehead atoms. The predicted octanol–water partition coefficient (Wildman–Crippen LogP) is -2.60. The third-order valence-electron chi connectivity index (χ3n) is 2.19. The molecule has 0 amide bonds. The third kappa shape index (κ3) is 1.98. The molecular weight excluding hydrogens is 178 g/mol. The van der Waals surface area contributed by atoms with Crippen LogP contribution in [0.25, 0.3) is 0 Å². The van der Waals surface area contributed by atoms with Gasteiger partial charge in [-0.25, -0.2) is 0 Å². The van der Waals surface area contributed by atoms with E-state index in [1.165, 1.54) is 7.11 Å². The summed E-state index contributed by atoms with van der Waals surface area (Å²) in [6, 6.07) is -0.803. The van der Waals surface area contributed by atoms with E-state index >= 15 is 0 Å². The van der Waals surface area contributed by atoms with E-state index in [0.717, 1.165) is 0 Å². The molecule has 1 rings (SSSR count). The van der Waals surface area contributed by atoms with Crippen molar-refractivity contribution in [1.82, 2.24) is 0 Å². The summed E-state index contributed by atoms with van der Waals surface area (Å²) in [5.74, 6) is 0. The van der Waals surface area contributed by atoms with Gasteiger partial charge in [-0.15, -0.1) is 0 Å². The smallest absolute Gasteiger partial charge is 0.173 e. The van der Waals surface area contributed by atoms with Crippen LogP contribution in [-0.4, -0.2) is 59.7 Å². The molecule has 5 atom stereocenters. The SMILES string of the molecule is COC1C(N)[C@@H](O)OC(CO)[C@@H]1O. The Morgan fingerprint density at radius 2 is 2.08 bits per heavy atom. The van der Waals surface area contributed by atoms with E-state index in [1.807, 2.05) is 0 Å². The third-order valence-corrected chi connectivity index (χ3v) is 2.19. The molecule has 78 valence electrons. The first-order valence-electron chi connectivity index (χ1n) is 4.02. The number of hydrogen-bond acceptors (Lipinski definition) is 6. The lowest BCUT2D eigenvalue weighted by Crippen LogP contribution is -2.62. The minimum atomic E-state index is -1.22. The second-order valence-corrected chi connectivity index (χ2v) is 3.02. The van der Waals surface area contributed by atoms with E-state index in [0.29, 0.717) is 0 Å². The Labute approximate surface area is 75.9 Å². The van der Waals surface area contributed by atoms with Crippen LogP contribution >= 0.6 is 0 Å². The lowest BCUT2D eigenvalue weighted by atomic mass is 9.98. The first-order valence-corrected chi connectivity index (χ1v) is 4.02. The van der Waals surface area contributed by atoms with Crippen LogP contribution in [0, 0.1) is 0 Å². The van der Waals surface area contributed by atoms with Crippen LogP contribution in [0.15, 0.2) is 0 Å². The van der Waals surface area contributed by atoms with E-state index in [4.69, 9.17) is 20.3 Å². The fourth-order valence-corrected chi connectivity index (χ4v) is 1.40. The van der Waals surface area contributed by atoms with Crippen LogP contribution in [0.4, 0.5) is 0 Å². The summed E-state index contributed by atoms with van der Waals surface area (Å²) < 4.78 is 9.73. The number of rotatable bonds is 2. The second kappa shape index (κ2) is 4.32. The first-order chi connectivity index (χ1) is 6.11. The summed E-state index contributed by atoms with van der Waals surface area (Å²) >= 11 is 0. The summed E-state index contributed by atoms with van der Waals surface area (Å²) in [7, 11) is 1.38. The lowest BCUT2D eigenvalue weighted by Gasteiger charge is -2.39. The van der Waals surface area contributed by atoms with E-state index in [9.17, 15) is 10.2 Å². The van der Waals surface area contributed by atoms with E-state index < -0.39 is 30.6 Å². The standard InChI is InChI=1S/C7H15NO5/c1-12-6-4(8)7(11)13-3(2-9)5(6)10/h3-7,9-11H,2,8H2,1H3/t3?,4?,5-,6?,7-/m0/s1. The van der Waals surface area contributed by atoms with Crippen LogP contribution in [0.2, 0.25) is 0 Å². The topological polar surface area (TPSA) is 105 Å². The Morgan fingerprint density at radius 1 is 1.46 bits per heavy atom. The summed E-state index contributed by atoms with van der Waals surface area (Å²) in [5, 5.41) is 27.6. The van der Waals surface area contributed by atoms with Crippen molar-refractivity contribution in [3.8, 4) is 0 Å². The van der Waals surface area contributed by atoms with Crippen molar-refractivity contribution in [2.45, 2.75) is 30.6 Å². The fraction of sp³-hybridized carbons (Fsp3) is 1.00. The molecular formula is C7H15NO5. The number of ether oxygens (including phenoxy) is 2. The Hall–Kier alpha value is -0.240. The Bertz CT molecular complexity index is 167. The molecule has 0 radical (unpaired) electrons. The maximum atomic E-state index is 9.52. The van der Waals surface area contributed by atoms with Crippen LogP contribution in [0.1, 0.15) is 0 Å².